The van der Waals surface area contributed by atoms with Crippen molar-refractivity contribution >= 4 is 12.4 Å². The highest BCUT2D eigenvalue weighted by Crippen LogP contribution is 2.44. The number of benzene rings is 1. The van der Waals surface area contributed by atoms with Crippen LogP contribution in [0, 0.1) is 0 Å². The molecule has 4 nitrogen and oxygen atoms in total. The summed E-state index contributed by atoms with van der Waals surface area (Å²) in [7, 11) is 0. The van der Waals surface area contributed by atoms with Gasteiger partial charge in [0.2, 0.25) is 0 Å². The van der Waals surface area contributed by atoms with Gasteiger partial charge in [-0.2, -0.15) is 0 Å². The van der Waals surface area contributed by atoms with E-state index < -0.39 is 12.3 Å². The van der Waals surface area contributed by atoms with Crippen LogP contribution < -0.4 is 20.9 Å². The van der Waals surface area contributed by atoms with Crippen LogP contribution in [0.25, 0.3) is 0 Å². The zero-order chi connectivity index (χ0) is 11.1. The molecule has 0 amide bonds. The predicted molar refractivity (Wildman–Crippen MR) is 55.9 cm³/mol. The minimum Gasteiger partial charge on any atom is -0.395 e. The van der Waals surface area contributed by atoms with E-state index >= 15 is 0 Å². The van der Waals surface area contributed by atoms with Gasteiger partial charge >= 0.3 is 6.29 Å². The Morgan fingerprint density at radius 1 is 1.31 bits per heavy atom. The number of halogens is 3. The summed E-state index contributed by atoms with van der Waals surface area (Å²) in [5.41, 5.74) is 11.4. The minimum atomic E-state index is -3.62. The molecule has 7 heteroatoms. The molecule has 1 heterocycles. The summed E-state index contributed by atoms with van der Waals surface area (Å²) in [6.07, 6.45) is -3.62. The first kappa shape index (κ1) is 13.0. The van der Waals surface area contributed by atoms with Gasteiger partial charge < -0.3 is 20.9 Å². The van der Waals surface area contributed by atoms with E-state index in [1.807, 2.05) is 0 Å². The van der Waals surface area contributed by atoms with Gasteiger partial charge in [0, 0.05) is 18.2 Å². The lowest BCUT2D eigenvalue weighted by Gasteiger charge is -2.11. The summed E-state index contributed by atoms with van der Waals surface area (Å²) in [5.74, 6) is -0.0400. The van der Waals surface area contributed by atoms with Crippen LogP contribution in [0.1, 0.15) is 11.6 Å². The fourth-order valence-corrected chi connectivity index (χ4v) is 1.41. The van der Waals surface area contributed by atoms with Crippen LogP contribution in [-0.4, -0.2) is 12.8 Å². The molecule has 0 fully saturated rings. The Balaban J connectivity index is 0.00000128. The normalized spacial score (nSPS) is 17.8. The highest BCUT2D eigenvalue weighted by molar-refractivity contribution is 5.85. The molecule has 1 aromatic carbocycles. The number of fused-ring (bicyclic) bond motifs is 1. The minimum absolute atomic E-state index is 0. The van der Waals surface area contributed by atoms with E-state index in [9.17, 15) is 8.78 Å². The molecule has 0 spiro atoms. The van der Waals surface area contributed by atoms with Gasteiger partial charge in [0.05, 0.1) is 0 Å². The van der Waals surface area contributed by atoms with Gasteiger partial charge in [0.15, 0.2) is 11.5 Å². The Hall–Kier alpha value is -1.11. The Morgan fingerprint density at radius 2 is 2.00 bits per heavy atom. The van der Waals surface area contributed by atoms with Crippen molar-refractivity contribution in [1.82, 2.24) is 0 Å². The molecule has 1 aromatic rings. The lowest BCUT2D eigenvalue weighted by Crippen LogP contribution is -2.27. The van der Waals surface area contributed by atoms with Gasteiger partial charge in [-0.05, 0) is 6.07 Å². The molecule has 0 saturated heterocycles. The lowest BCUT2D eigenvalue weighted by atomic mass is 10.1. The smallest absolute Gasteiger partial charge is 0.395 e. The molecule has 90 valence electrons. The summed E-state index contributed by atoms with van der Waals surface area (Å²) >= 11 is 0. The van der Waals surface area contributed by atoms with Crippen LogP contribution in [0.5, 0.6) is 11.5 Å². The number of para-hydroxylation sites is 1. The molecule has 4 N–H and O–H groups in total. The van der Waals surface area contributed by atoms with Crippen molar-refractivity contribution in [3.05, 3.63) is 23.8 Å². The van der Waals surface area contributed by atoms with E-state index in [2.05, 4.69) is 9.47 Å². The van der Waals surface area contributed by atoms with E-state index in [0.717, 1.165) is 0 Å². The molecule has 1 atom stereocenters. The summed E-state index contributed by atoms with van der Waals surface area (Å²) < 4.78 is 34.2. The van der Waals surface area contributed by atoms with E-state index in [0.29, 0.717) is 5.56 Å². The van der Waals surface area contributed by atoms with Crippen LogP contribution in [-0.2, 0) is 0 Å². The van der Waals surface area contributed by atoms with Crippen molar-refractivity contribution in [1.29, 1.82) is 0 Å². The van der Waals surface area contributed by atoms with Crippen molar-refractivity contribution in [2.75, 3.05) is 6.54 Å². The third kappa shape index (κ3) is 2.18. The molecule has 2 rings (SSSR count). The average molecular weight is 253 g/mol. The van der Waals surface area contributed by atoms with Crippen molar-refractivity contribution in [2.24, 2.45) is 11.5 Å². The maximum Gasteiger partial charge on any atom is 0.586 e. The predicted octanol–water partition coefficient (Wildman–Crippen LogP) is 1.39. The SMILES string of the molecule is Cl.NC[C@H](N)c1cccc2c1OC(F)(F)O2. The number of hydrogen-bond donors (Lipinski definition) is 2. The van der Waals surface area contributed by atoms with Gasteiger partial charge in [-0.1, -0.05) is 12.1 Å². The highest BCUT2D eigenvalue weighted by Gasteiger charge is 2.44. The number of hydrogen-bond acceptors (Lipinski definition) is 4. The van der Waals surface area contributed by atoms with Crippen molar-refractivity contribution in [3.63, 3.8) is 0 Å². The van der Waals surface area contributed by atoms with Crippen molar-refractivity contribution in [3.8, 4) is 11.5 Å². The fraction of sp³-hybridized carbons (Fsp3) is 0.333. The van der Waals surface area contributed by atoms with Crippen LogP contribution in [0.15, 0.2) is 18.2 Å². The quantitative estimate of drug-likeness (QED) is 0.834. The molecular formula is C9H11ClF2N2O2. The highest BCUT2D eigenvalue weighted by atomic mass is 35.5. The Kier molecular flexibility index (Phi) is 3.57. The summed E-state index contributed by atoms with van der Waals surface area (Å²) in [6, 6.07) is 4.00. The molecule has 0 bridgehead atoms. The van der Waals surface area contributed by atoms with E-state index in [1.54, 1.807) is 12.1 Å². The Morgan fingerprint density at radius 3 is 2.62 bits per heavy atom. The second-order valence-electron chi connectivity index (χ2n) is 3.18. The van der Waals surface area contributed by atoms with Crippen molar-refractivity contribution in [2.45, 2.75) is 12.3 Å². The molecule has 0 saturated carbocycles. The van der Waals surface area contributed by atoms with Gasteiger partial charge in [-0.25, -0.2) is 0 Å². The molecule has 0 aliphatic carbocycles. The second-order valence-corrected chi connectivity index (χ2v) is 3.18. The first-order valence-corrected chi connectivity index (χ1v) is 4.38. The monoisotopic (exact) mass is 252 g/mol. The first-order chi connectivity index (χ1) is 7.03. The molecule has 0 aromatic heterocycles. The van der Waals surface area contributed by atoms with E-state index in [1.165, 1.54) is 6.07 Å². The van der Waals surface area contributed by atoms with Crippen LogP contribution in [0.2, 0.25) is 0 Å². The molecule has 0 radical (unpaired) electrons. The largest absolute Gasteiger partial charge is 0.586 e. The Labute approximate surface area is 96.9 Å². The summed E-state index contributed by atoms with van der Waals surface area (Å²) in [5, 5.41) is 0. The molecule has 16 heavy (non-hydrogen) atoms. The molecule has 1 aliphatic rings. The first-order valence-electron chi connectivity index (χ1n) is 4.38. The van der Waals surface area contributed by atoms with Crippen LogP contribution in [0.4, 0.5) is 8.78 Å². The van der Waals surface area contributed by atoms with E-state index in [4.69, 9.17) is 11.5 Å². The van der Waals surface area contributed by atoms with Crippen LogP contribution >= 0.6 is 12.4 Å². The zero-order valence-electron chi connectivity index (χ0n) is 8.15. The zero-order valence-corrected chi connectivity index (χ0v) is 8.97. The second kappa shape index (κ2) is 4.40. The van der Waals surface area contributed by atoms with Crippen LogP contribution in [0.3, 0.4) is 0 Å². The number of alkyl halides is 2. The maximum absolute atomic E-state index is 12.8. The number of nitrogens with two attached hydrogens (primary N) is 2. The van der Waals surface area contributed by atoms with Gasteiger partial charge in [0.1, 0.15) is 0 Å². The van der Waals surface area contributed by atoms with Gasteiger partial charge in [-0.3, -0.25) is 0 Å². The topological polar surface area (TPSA) is 70.5 Å². The average Bonchev–Trinajstić information content (AvgIpc) is 2.49. The molecule has 1 aliphatic heterocycles. The lowest BCUT2D eigenvalue weighted by molar-refractivity contribution is -0.287. The summed E-state index contributed by atoms with van der Waals surface area (Å²) in [6.45, 7) is 0.144. The maximum atomic E-state index is 12.8. The van der Waals surface area contributed by atoms with Crippen molar-refractivity contribution < 1.29 is 18.3 Å². The third-order valence-electron chi connectivity index (χ3n) is 2.11. The third-order valence-corrected chi connectivity index (χ3v) is 2.11. The molecule has 0 unspecified atom stereocenters. The van der Waals surface area contributed by atoms with Gasteiger partial charge in [0.25, 0.3) is 0 Å². The standard InChI is InChI=1S/C9H10F2N2O2.ClH/c10-9(11)14-7-3-1-2-5(6(13)4-12)8(7)15-9;/h1-3,6H,4,12-13H2;1H/t6-;/m0./s1. The van der Waals surface area contributed by atoms with Gasteiger partial charge in [-0.15, -0.1) is 21.2 Å². The molecular weight excluding hydrogens is 242 g/mol. The van der Waals surface area contributed by atoms with E-state index in [-0.39, 0.29) is 30.5 Å². The summed E-state index contributed by atoms with van der Waals surface area (Å²) in [4.78, 5) is 0. The fourth-order valence-electron chi connectivity index (χ4n) is 1.41. The number of ether oxygens (including phenoxy) is 2. The Bertz CT molecular complexity index is 390. The number of rotatable bonds is 2.